The van der Waals surface area contributed by atoms with Gasteiger partial charge in [-0.25, -0.2) is 0 Å². The van der Waals surface area contributed by atoms with Gasteiger partial charge < -0.3 is 21.1 Å². The number of nitrogen functional groups attached to an aromatic ring is 1. The summed E-state index contributed by atoms with van der Waals surface area (Å²) < 4.78 is 5.08. The van der Waals surface area contributed by atoms with Crippen LogP contribution >= 0.6 is 0 Å². The highest BCUT2D eigenvalue weighted by atomic mass is 16.5. The maximum atomic E-state index is 11.0. The molecule has 0 unspecified atom stereocenters. The average molecular weight is 223 g/mol. The van der Waals surface area contributed by atoms with Crippen molar-refractivity contribution in [3.63, 3.8) is 0 Å². The summed E-state index contributed by atoms with van der Waals surface area (Å²) in [5, 5.41) is 5.64. The van der Waals surface area contributed by atoms with Gasteiger partial charge in [0.1, 0.15) is 5.75 Å². The van der Waals surface area contributed by atoms with Crippen molar-refractivity contribution >= 4 is 17.3 Å². The van der Waals surface area contributed by atoms with Gasteiger partial charge in [-0.05, 0) is 12.1 Å². The quantitative estimate of drug-likeness (QED) is 0.646. The highest BCUT2D eigenvalue weighted by molar-refractivity contribution is 5.76. The number of amides is 1. The van der Waals surface area contributed by atoms with E-state index in [1.165, 1.54) is 0 Å². The highest BCUT2D eigenvalue weighted by Crippen LogP contribution is 2.24. The molecule has 0 aliphatic heterocycles. The number of carbonyl (C=O) groups excluding carboxylic acids is 1. The fourth-order valence-electron chi connectivity index (χ4n) is 1.25. The Kier molecular flexibility index (Phi) is 4.44. The van der Waals surface area contributed by atoms with Crippen LogP contribution < -0.4 is 21.1 Å². The SMILES string of the molecule is CNC(=O)CCNc1cc(OC)ccc1N. The van der Waals surface area contributed by atoms with Gasteiger partial charge in [0, 0.05) is 26.1 Å². The molecule has 16 heavy (non-hydrogen) atoms. The van der Waals surface area contributed by atoms with Crippen LogP contribution in [-0.2, 0) is 4.79 Å². The first-order valence-corrected chi connectivity index (χ1v) is 5.05. The topological polar surface area (TPSA) is 76.4 Å². The van der Waals surface area contributed by atoms with Gasteiger partial charge in [-0.3, -0.25) is 4.79 Å². The minimum Gasteiger partial charge on any atom is -0.497 e. The Morgan fingerprint density at radius 1 is 1.50 bits per heavy atom. The van der Waals surface area contributed by atoms with Gasteiger partial charge in [0.2, 0.25) is 5.91 Å². The molecule has 0 aromatic heterocycles. The molecule has 1 rings (SSSR count). The molecule has 0 aliphatic carbocycles. The summed E-state index contributed by atoms with van der Waals surface area (Å²) in [6.45, 7) is 0.539. The lowest BCUT2D eigenvalue weighted by atomic mass is 10.2. The van der Waals surface area contributed by atoms with Crippen molar-refractivity contribution in [3.8, 4) is 5.75 Å². The predicted molar refractivity (Wildman–Crippen MR) is 64.6 cm³/mol. The van der Waals surface area contributed by atoms with E-state index in [2.05, 4.69) is 10.6 Å². The minimum atomic E-state index is -0.00559. The zero-order valence-corrected chi connectivity index (χ0v) is 9.54. The summed E-state index contributed by atoms with van der Waals surface area (Å²) in [6, 6.07) is 5.36. The van der Waals surface area contributed by atoms with Gasteiger partial charge in [0.05, 0.1) is 18.5 Å². The smallest absolute Gasteiger partial charge is 0.221 e. The molecule has 5 heteroatoms. The number of carbonyl (C=O) groups is 1. The number of rotatable bonds is 5. The predicted octanol–water partition coefficient (Wildman–Crippen LogP) is 0.825. The van der Waals surface area contributed by atoms with E-state index in [1.54, 1.807) is 32.4 Å². The van der Waals surface area contributed by atoms with Crippen molar-refractivity contribution in [2.24, 2.45) is 0 Å². The van der Waals surface area contributed by atoms with Crippen LogP contribution in [0.25, 0.3) is 0 Å². The third-order valence-electron chi connectivity index (χ3n) is 2.21. The summed E-state index contributed by atoms with van der Waals surface area (Å²) in [5.41, 5.74) is 7.19. The average Bonchev–Trinajstić information content (AvgIpc) is 2.31. The van der Waals surface area contributed by atoms with Gasteiger partial charge in [-0.15, -0.1) is 0 Å². The molecule has 1 amide bonds. The molecule has 1 aromatic carbocycles. The van der Waals surface area contributed by atoms with E-state index in [1.807, 2.05) is 0 Å². The Morgan fingerprint density at radius 2 is 2.25 bits per heavy atom. The molecule has 0 saturated carbocycles. The maximum Gasteiger partial charge on any atom is 0.221 e. The van der Waals surface area contributed by atoms with Crippen molar-refractivity contribution in [2.45, 2.75) is 6.42 Å². The van der Waals surface area contributed by atoms with Crippen LogP contribution in [0.2, 0.25) is 0 Å². The Bertz CT molecular complexity index is 366. The second kappa shape index (κ2) is 5.85. The monoisotopic (exact) mass is 223 g/mol. The van der Waals surface area contributed by atoms with Gasteiger partial charge in [-0.1, -0.05) is 0 Å². The summed E-state index contributed by atoms with van der Waals surface area (Å²) in [5.74, 6) is 0.727. The fraction of sp³-hybridized carbons (Fsp3) is 0.364. The number of anilines is 2. The standard InChI is InChI=1S/C11H17N3O2/c1-13-11(15)5-6-14-10-7-8(16-2)3-4-9(10)12/h3-4,7,14H,5-6,12H2,1-2H3,(H,13,15). The van der Waals surface area contributed by atoms with Crippen LogP contribution in [0.3, 0.4) is 0 Å². The van der Waals surface area contributed by atoms with E-state index in [0.717, 1.165) is 11.4 Å². The zero-order valence-electron chi connectivity index (χ0n) is 9.54. The lowest BCUT2D eigenvalue weighted by Gasteiger charge is -2.10. The second-order valence-corrected chi connectivity index (χ2v) is 3.30. The summed E-state index contributed by atoms with van der Waals surface area (Å²) in [6.07, 6.45) is 0.410. The molecule has 0 spiro atoms. The van der Waals surface area contributed by atoms with E-state index >= 15 is 0 Å². The molecule has 88 valence electrons. The van der Waals surface area contributed by atoms with E-state index in [9.17, 15) is 4.79 Å². The molecule has 0 fully saturated rings. The Labute approximate surface area is 95.0 Å². The van der Waals surface area contributed by atoms with E-state index in [-0.39, 0.29) is 5.91 Å². The van der Waals surface area contributed by atoms with E-state index in [4.69, 9.17) is 10.5 Å². The molecule has 5 nitrogen and oxygen atoms in total. The molecular formula is C11H17N3O2. The van der Waals surface area contributed by atoms with Crippen LogP contribution in [-0.4, -0.2) is 26.6 Å². The maximum absolute atomic E-state index is 11.0. The molecule has 0 radical (unpaired) electrons. The number of benzene rings is 1. The molecule has 0 heterocycles. The van der Waals surface area contributed by atoms with Crippen LogP contribution in [0, 0.1) is 0 Å². The van der Waals surface area contributed by atoms with Crippen molar-refractivity contribution < 1.29 is 9.53 Å². The van der Waals surface area contributed by atoms with Gasteiger partial charge >= 0.3 is 0 Å². The molecule has 1 aromatic rings. The largest absolute Gasteiger partial charge is 0.497 e. The second-order valence-electron chi connectivity index (χ2n) is 3.30. The van der Waals surface area contributed by atoms with E-state index in [0.29, 0.717) is 18.7 Å². The first-order chi connectivity index (χ1) is 7.67. The number of nitrogens with two attached hydrogens (primary N) is 1. The van der Waals surface area contributed by atoms with Crippen molar-refractivity contribution in [1.82, 2.24) is 5.32 Å². The molecule has 0 aliphatic rings. The summed E-state index contributed by atoms with van der Waals surface area (Å²) in [4.78, 5) is 11.0. The van der Waals surface area contributed by atoms with Crippen molar-refractivity contribution in [2.75, 3.05) is 31.8 Å². The number of hydrogen-bond acceptors (Lipinski definition) is 4. The lowest BCUT2D eigenvalue weighted by molar-refractivity contribution is -0.120. The van der Waals surface area contributed by atoms with Crippen molar-refractivity contribution in [1.29, 1.82) is 0 Å². The Morgan fingerprint density at radius 3 is 2.88 bits per heavy atom. The Balaban J connectivity index is 2.55. The van der Waals surface area contributed by atoms with Crippen LogP contribution in [0.5, 0.6) is 5.75 Å². The highest BCUT2D eigenvalue weighted by Gasteiger charge is 2.02. The van der Waals surface area contributed by atoms with Crippen molar-refractivity contribution in [3.05, 3.63) is 18.2 Å². The van der Waals surface area contributed by atoms with Gasteiger partial charge in [-0.2, -0.15) is 0 Å². The number of methoxy groups -OCH3 is 1. The lowest BCUT2D eigenvalue weighted by Crippen LogP contribution is -2.21. The van der Waals surface area contributed by atoms with E-state index < -0.39 is 0 Å². The number of hydrogen-bond donors (Lipinski definition) is 3. The first kappa shape index (κ1) is 12.2. The Hall–Kier alpha value is -1.91. The summed E-state index contributed by atoms with van der Waals surface area (Å²) in [7, 11) is 3.21. The van der Waals surface area contributed by atoms with Gasteiger partial charge in [0.25, 0.3) is 0 Å². The number of ether oxygens (including phenoxy) is 1. The minimum absolute atomic E-state index is 0.00559. The third-order valence-corrected chi connectivity index (χ3v) is 2.21. The molecule has 0 atom stereocenters. The summed E-state index contributed by atoms with van der Waals surface area (Å²) >= 11 is 0. The third kappa shape index (κ3) is 3.34. The first-order valence-electron chi connectivity index (χ1n) is 5.05. The number of nitrogens with one attached hydrogen (secondary N) is 2. The van der Waals surface area contributed by atoms with Gasteiger partial charge in [0.15, 0.2) is 0 Å². The van der Waals surface area contributed by atoms with Crippen LogP contribution in [0.1, 0.15) is 6.42 Å². The normalized spacial score (nSPS) is 9.62. The fourth-order valence-corrected chi connectivity index (χ4v) is 1.25. The molecular weight excluding hydrogens is 206 g/mol. The molecule has 4 N–H and O–H groups in total. The zero-order chi connectivity index (χ0) is 12.0. The molecule has 0 bridgehead atoms. The molecule has 0 saturated heterocycles. The van der Waals surface area contributed by atoms with Crippen LogP contribution in [0.4, 0.5) is 11.4 Å². The van der Waals surface area contributed by atoms with Crippen LogP contribution in [0.15, 0.2) is 18.2 Å².